The molecule has 0 aromatic carbocycles. The third-order valence-electron chi connectivity index (χ3n) is 2.17. The number of rotatable bonds is 3. The average Bonchev–Trinajstić information content (AvgIpc) is 2.50. The first-order chi connectivity index (χ1) is 5.79. The molecule has 5 nitrogen and oxygen atoms in total. The Hall–Kier alpha value is -0.650. The summed E-state index contributed by atoms with van der Waals surface area (Å²) in [5, 5.41) is 24.9. The molecule has 0 bridgehead atoms. The SMILES string of the molecule is CO/N=C1/CNCC1(CO)CO. The first-order valence-corrected chi connectivity index (χ1v) is 3.82. The first kappa shape index (κ1) is 9.44. The molecule has 1 fully saturated rings. The highest BCUT2D eigenvalue weighted by molar-refractivity contribution is 5.94. The lowest BCUT2D eigenvalue weighted by molar-refractivity contribution is 0.112. The van der Waals surface area contributed by atoms with Gasteiger partial charge in [0.1, 0.15) is 7.11 Å². The van der Waals surface area contributed by atoms with Crippen molar-refractivity contribution in [3.8, 4) is 0 Å². The summed E-state index contributed by atoms with van der Waals surface area (Å²) in [4.78, 5) is 4.61. The Balaban J connectivity index is 2.79. The number of nitrogens with one attached hydrogen (secondary N) is 1. The highest BCUT2D eigenvalue weighted by atomic mass is 16.6. The largest absolute Gasteiger partial charge is 0.399 e. The summed E-state index contributed by atoms with van der Waals surface area (Å²) in [6.45, 7) is 0.883. The van der Waals surface area contributed by atoms with Crippen LogP contribution in [-0.4, -0.2) is 49.3 Å². The summed E-state index contributed by atoms with van der Waals surface area (Å²) in [6.07, 6.45) is 0. The summed E-state index contributed by atoms with van der Waals surface area (Å²) < 4.78 is 0. The van der Waals surface area contributed by atoms with Crippen LogP contribution in [0.15, 0.2) is 5.16 Å². The number of oxime groups is 1. The third kappa shape index (κ3) is 1.43. The van der Waals surface area contributed by atoms with Crippen LogP contribution in [0, 0.1) is 5.41 Å². The average molecular weight is 174 g/mol. The number of nitrogens with zero attached hydrogens (tertiary/aromatic N) is 1. The van der Waals surface area contributed by atoms with Gasteiger partial charge in [-0.15, -0.1) is 0 Å². The van der Waals surface area contributed by atoms with Gasteiger partial charge >= 0.3 is 0 Å². The lowest BCUT2D eigenvalue weighted by atomic mass is 9.87. The Kier molecular flexibility index (Phi) is 3.02. The standard InChI is InChI=1S/C7H14N2O3/c1-12-9-6-2-8-3-7(6,4-10)5-11/h8,10-11H,2-5H2,1H3/b9-6-. The zero-order valence-electron chi connectivity index (χ0n) is 7.08. The van der Waals surface area contributed by atoms with E-state index in [1.165, 1.54) is 7.11 Å². The Morgan fingerprint density at radius 2 is 2.25 bits per heavy atom. The predicted molar refractivity (Wildman–Crippen MR) is 43.9 cm³/mol. The Morgan fingerprint density at radius 1 is 1.58 bits per heavy atom. The van der Waals surface area contributed by atoms with Gasteiger partial charge in [-0.3, -0.25) is 0 Å². The normalized spacial score (nSPS) is 24.8. The fourth-order valence-electron chi connectivity index (χ4n) is 1.29. The molecule has 1 aliphatic rings. The summed E-state index contributed by atoms with van der Waals surface area (Å²) in [6, 6.07) is 0. The van der Waals surface area contributed by atoms with Crippen molar-refractivity contribution in [2.45, 2.75) is 0 Å². The van der Waals surface area contributed by atoms with E-state index >= 15 is 0 Å². The van der Waals surface area contributed by atoms with E-state index in [4.69, 9.17) is 10.2 Å². The van der Waals surface area contributed by atoms with E-state index in [2.05, 4.69) is 15.3 Å². The van der Waals surface area contributed by atoms with Crippen LogP contribution in [0.25, 0.3) is 0 Å². The molecule has 3 N–H and O–H groups in total. The van der Waals surface area contributed by atoms with Crippen molar-refractivity contribution in [3.05, 3.63) is 0 Å². The maximum atomic E-state index is 9.08. The summed E-state index contributed by atoms with van der Waals surface area (Å²) in [7, 11) is 1.45. The van der Waals surface area contributed by atoms with E-state index in [1.807, 2.05) is 0 Å². The number of aliphatic hydroxyl groups excluding tert-OH is 2. The highest BCUT2D eigenvalue weighted by Gasteiger charge is 2.39. The van der Waals surface area contributed by atoms with E-state index < -0.39 is 5.41 Å². The van der Waals surface area contributed by atoms with Gasteiger partial charge in [0.15, 0.2) is 0 Å². The predicted octanol–water partition coefficient (Wildman–Crippen LogP) is -1.44. The molecule has 1 aliphatic heterocycles. The second kappa shape index (κ2) is 3.84. The molecule has 0 aliphatic carbocycles. The monoisotopic (exact) mass is 174 g/mol. The van der Waals surface area contributed by atoms with Gasteiger partial charge in [-0.05, 0) is 0 Å². The topological polar surface area (TPSA) is 74.1 Å². The van der Waals surface area contributed by atoms with Gasteiger partial charge in [0.25, 0.3) is 0 Å². The van der Waals surface area contributed by atoms with Crippen LogP contribution < -0.4 is 5.32 Å². The highest BCUT2D eigenvalue weighted by Crippen LogP contribution is 2.21. The third-order valence-corrected chi connectivity index (χ3v) is 2.17. The quantitative estimate of drug-likeness (QED) is 0.458. The fraction of sp³-hybridized carbons (Fsp3) is 0.857. The Morgan fingerprint density at radius 3 is 2.75 bits per heavy atom. The van der Waals surface area contributed by atoms with Gasteiger partial charge in [-0.2, -0.15) is 0 Å². The molecular weight excluding hydrogens is 160 g/mol. The van der Waals surface area contributed by atoms with Crippen LogP contribution in [-0.2, 0) is 4.84 Å². The summed E-state index contributed by atoms with van der Waals surface area (Å²) in [5.74, 6) is 0. The molecule has 70 valence electrons. The van der Waals surface area contributed by atoms with Crippen LogP contribution in [0.1, 0.15) is 0 Å². The number of aliphatic hydroxyl groups is 2. The molecule has 1 heterocycles. The van der Waals surface area contributed by atoms with Crippen molar-refractivity contribution in [1.29, 1.82) is 0 Å². The molecule has 0 atom stereocenters. The van der Waals surface area contributed by atoms with Crippen molar-refractivity contribution in [2.24, 2.45) is 10.6 Å². The van der Waals surface area contributed by atoms with Crippen molar-refractivity contribution in [1.82, 2.24) is 5.32 Å². The minimum absolute atomic E-state index is 0.112. The van der Waals surface area contributed by atoms with E-state index in [-0.39, 0.29) is 13.2 Å². The molecule has 0 unspecified atom stereocenters. The van der Waals surface area contributed by atoms with Crippen molar-refractivity contribution < 1.29 is 15.1 Å². The van der Waals surface area contributed by atoms with E-state index in [1.54, 1.807) is 0 Å². The minimum atomic E-state index is -0.629. The molecule has 1 saturated heterocycles. The van der Waals surface area contributed by atoms with Gasteiger partial charge in [-0.25, -0.2) is 0 Å². The Bertz CT molecular complexity index is 177. The smallest absolute Gasteiger partial charge is 0.106 e. The van der Waals surface area contributed by atoms with Gasteiger partial charge in [-0.1, -0.05) is 5.16 Å². The summed E-state index contributed by atoms with van der Waals surface area (Å²) in [5.41, 5.74) is 0.0470. The molecule has 5 heteroatoms. The summed E-state index contributed by atoms with van der Waals surface area (Å²) >= 11 is 0. The fourth-order valence-corrected chi connectivity index (χ4v) is 1.29. The van der Waals surface area contributed by atoms with E-state index in [9.17, 15) is 0 Å². The first-order valence-electron chi connectivity index (χ1n) is 3.82. The number of hydrogen-bond acceptors (Lipinski definition) is 5. The second-order valence-corrected chi connectivity index (χ2v) is 2.92. The van der Waals surface area contributed by atoms with Crippen molar-refractivity contribution in [2.75, 3.05) is 33.4 Å². The lowest BCUT2D eigenvalue weighted by Gasteiger charge is -2.22. The van der Waals surface area contributed by atoms with Gasteiger partial charge < -0.3 is 20.4 Å². The van der Waals surface area contributed by atoms with Crippen LogP contribution in [0.2, 0.25) is 0 Å². The molecular formula is C7H14N2O3. The zero-order chi connectivity index (χ0) is 9.03. The van der Waals surface area contributed by atoms with Crippen molar-refractivity contribution >= 4 is 5.71 Å². The maximum absolute atomic E-state index is 9.08. The molecule has 0 aromatic heterocycles. The van der Waals surface area contributed by atoms with Crippen LogP contribution >= 0.6 is 0 Å². The molecule has 0 radical (unpaired) electrons. The van der Waals surface area contributed by atoms with Gasteiger partial charge in [0.05, 0.1) is 24.3 Å². The molecule has 0 spiro atoms. The zero-order valence-corrected chi connectivity index (χ0v) is 7.08. The maximum Gasteiger partial charge on any atom is 0.106 e. The van der Waals surface area contributed by atoms with Crippen LogP contribution in [0.5, 0.6) is 0 Å². The minimum Gasteiger partial charge on any atom is -0.399 e. The molecule has 0 saturated carbocycles. The van der Waals surface area contributed by atoms with Crippen LogP contribution in [0.4, 0.5) is 0 Å². The second-order valence-electron chi connectivity index (χ2n) is 2.92. The van der Waals surface area contributed by atoms with E-state index in [0.717, 1.165) is 0 Å². The molecule has 0 amide bonds. The van der Waals surface area contributed by atoms with Gasteiger partial charge in [0, 0.05) is 13.1 Å². The van der Waals surface area contributed by atoms with Crippen LogP contribution in [0.3, 0.4) is 0 Å². The number of hydrogen-bond donors (Lipinski definition) is 3. The van der Waals surface area contributed by atoms with Crippen molar-refractivity contribution in [3.63, 3.8) is 0 Å². The van der Waals surface area contributed by atoms with E-state index in [0.29, 0.717) is 18.8 Å². The Labute approximate surface area is 71.0 Å². The lowest BCUT2D eigenvalue weighted by Crippen LogP contribution is -2.38. The molecule has 12 heavy (non-hydrogen) atoms. The molecule has 1 rings (SSSR count). The van der Waals surface area contributed by atoms with Gasteiger partial charge in [0.2, 0.25) is 0 Å². The molecule has 0 aromatic rings.